The summed E-state index contributed by atoms with van der Waals surface area (Å²) in [6.07, 6.45) is -2.85. The molecule has 248 valence electrons. The van der Waals surface area contributed by atoms with E-state index < -0.39 is 35.5 Å². The lowest BCUT2D eigenvalue weighted by atomic mass is 9.80. The number of alkyl halides is 6. The van der Waals surface area contributed by atoms with Crippen molar-refractivity contribution in [2.75, 3.05) is 32.7 Å². The number of benzene rings is 2. The van der Waals surface area contributed by atoms with E-state index in [1.807, 2.05) is 6.07 Å². The zero-order valence-electron chi connectivity index (χ0n) is 25.2. The van der Waals surface area contributed by atoms with Crippen LogP contribution in [0.2, 0.25) is 0 Å². The van der Waals surface area contributed by atoms with Crippen LogP contribution in [-0.2, 0) is 23.6 Å². The molecule has 0 bridgehead atoms. The van der Waals surface area contributed by atoms with Gasteiger partial charge in [0.05, 0.1) is 11.1 Å². The lowest BCUT2D eigenvalue weighted by Gasteiger charge is -2.35. The minimum atomic E-state index is -4.86. The molecule has 1 saturated carbocycles. The van der Waals surface area contributed by atoms with Crippen LogP contribution in [0.25, 0.3) is 0 Å². The highest BCUT2D eigenvalue weighted by Crippen LogP contribution is 2.40. The molecule has 2 aliphatic heterocycles. The van der Waals surface area contributed by atoms with Gasteiger partial charge in [0.25, 0.3) is 0 Å². The van der Waals surface area contributed by atoms with Crippen LogP contribution in [0.3, 0.4) is 0 Å². The van der Waals surface area contributed by atoms with Crippen molar-refractivity contribution < 1.29 is 40.6 Å². The molecule has 3 fully saturated rings. The molecule has 1 N–H and O–H groups in total. The molecular weight excluding hydrogens is 601 g/mol. The van der Waals surface area contributed by atoms with Crippen LogP contribution in [0, 0.1) is 23.6 Å². The van der Waals surface area contributed by atoms with Crippen molar-refractivity contribution in [2.45, 2.75) is 82.1 Å². The number of likely N-dealkylation sites (tertiary alicyclic amines) is 2. The van der Waals surface area contributed by atoms with E-state index in [0.29, 0.717) is 44.2 Å². The molecule has 3 aliphatic rings. The van der Waals surface area contributed by atoms with Crippen LogP contribution >= 0.6 is 0 Å². The van der Waals surface area contributed by atoms with Gasteiger partial charge in [0.1, 0.15) is 11.9 Å². The largest absolute Gasteiger partial charge is 0.480 e. The van der Waals surface area contributed by atoms with Crippen molar-refractivity contribution in [3.63, 3.8) is 0 Å². The van der Waals surface area contributed by atoms with Crippen molar-refractivity contribution >= 4 is 5.97 Å². The second kappa shape index (κ2) is 14.0. The average Bonchev–Trinajstić information content (AvgIpc) is 3.35. The minimum Gasteiger partial charge on any atom is -0.480 e. The van der Waals surface area contributed by atoms with Crippen LogP contribution in [0.1, 0.15) is 79.5 Å². The zero-order valence-corrected chi connectivity index (χ0v) is 25.2. The quantitative estimate of drug-likeness (QED) is 0.251. The first-order valence-electron chi connectivity index (χ1n) is 16.0. The number of hydrogen-bond donors (Lipinski definition) is 1. The third kappa shape index (κ3) is 8.58. The summed E-state index contributed by atoms with van der Waals surface area (Å²) in [6.45, 7) is 3.55. The van der Waals surface area contributed by atoms with Gasteiger partial charge < -0.3 is 10.0 Å². The summed E-state index contributed by atoms with van der Waals surface area (Å²) < 4.78 is 93.8. The van der Waals surface area contributed by atoms with Crippen molar-refractivity contribution in [1.82, 2.24) is 9.80 Å². The van der Waals surface area contributed by atoms with Gasteiger partial charge >= 0.3 is 18.3 Å². The highest BCUT2D eigenvalue weighted by atomic mass is 19.4. The first-order chi connectivity index (χ1) is 21.3. The number of piperidine rings is 1. The van der Waals surface area contributed by atoms with Crippen molar-refractivity contribution in [3.8, 4) is 0 Å². The van der Waals surface area contributed by atoms with Crippen LogP contribution in [0.5, 0.6) is 0 Å². The van der Waals surface area contributed by atoms with Crippen LogP contribution in [-0.4, -0.2) is 59.6 Å². The van der Waals surface area contributed by atoms with E-state index >= 15 is 0 Å². The number of nitrogens with zero attached hydrogens (tertiary/aromatic N) is 2. The monoisotopic (exact) mass is 642 g/mol. The molecule has 0 radical (unpaired) electrons. The van der Waals surface area contributed by atoms with Gasteiger partial charge in [-0.1, -0.05) is 43.9 Å². The summed E-state index contributed by atoms with van der Waals surface area (Å²) >= 11 is 0. The van der Waals surface area contributed by atoms with E-state index in [9.17, 15) is 40.6 Å². The Morgan fingerprint density at radius 3 is 2.24 bits per heavy atom. The fraction of sp³-hybridized carbons (Fsp3) is 0.618. The SMILES string of the molecule is O=C(O)[C@@H](CC1CCC1)N1C[C@H](CN2CCC(CCCc3ccc(C(F)(F)F)cc3C(F)(F)F)CC2)[C@@H](c2cccc(F)c2)C1. The number of rotatable bonds is 11. The lowest BCUT2D eigenvalue weighted by molar-refractivity contribution is -0.145. The maximum Gasteiger partial charge on any atom is 0.416 e. The van der Waals surface area contributed by atoms with Crippen molar-refractivity contribution in [3.05, 3.63) is 70.5 Å². The van der Waals surface area contributed by atoms with Gasteiger partial charge in [-0.25, -0.2) is 4.39 Å². The smallest absolute Gasteiger partial charge is 0.416 e. The van der Waals surface area contributed by atoms with Gasteiger partial charge in [-0.05, 0) is 98.3 Å². The van der Waals surface area contributed by atoms with Gasteiger partial charge in [-0.15, -0.1) is 0 Å². The van der Waals surface area contributed by atoms with Crippen molar-refractivity contribution in [1.29, 1.82) is 0 Å². The first-order valence-corrected chi connectivity index (χ1v) is 16.0. The summed E-state index contributed by atoms with van der Waals surface area (Å²) in [5.74, 6) is -0.229. The molecular formula is C34H41F7N2O2. The summed E-state index contributed by atoms with van der Waals surface area (Å²) in [4.78, 5) is 16.7. The summed E-state index contributed by atoms with van der Waals surface area (Å²) in [5.41, 5.74) is -1.75. The summed E-state index contributed by atoms with van der Waals surface area (Å²) in [6, 6.07) is 7.90. The Hall–Kier alpha value is -2.66. The number of hydrogen-bond acceptors (Lipinski definition) is 3. The van der Waals surface area contributed by atoms with Gasteiger partial charge in [-0.2, -0.15) is 26.3 Å². The molecule has 2 aromatic carbocycles. The van der Waals surface area contributed by atoms with Crippen molar-refractivity contribution in [2.24, 2.45) is 17.8 Å². The number of aryl methyl sites for hydroxylation is 1. The zero-order chi connectivity index (χ0) is 32.4. The van der Waals surface area contributed by atoms with Crippen LogP contribution in [0.15, 0.2) is 42.5 Å². The second-order valence-electron chi connectivity index (χ2n) is 13.3. The Kier molecular flexibility index (Phi) is 10.5. The third-order valence-corrected chi connectivity index (χ3v) is 10.3. The van der Waals surface area contributed by atoms with Gasteiger partial charge in [-0.3, -0.25) is 9.69 Å². The topological polar surface area (TPSA) is 43.8 Å². The Balaban J connectivity index is 1.16. The molecule has 0 unspecified atom stereocenters. The van der Waals surface area contributed by atoms with E-state index in [2.05, 4.69) is 9.80 Å². The molecule has 4 nitrogen and oxygen atoms in total. The van der Waals surface area contributed by atoms with E-state index in [1.165, 1.54) is 6.07 Å². The summed E-state index contributed by atoms with van der Waals surface area (Å²) in [7, 11) is 0. The number of carbonyl (C=O) groups is 1. The minimum absolute atomic E-state index is 0.00762. The maximum atomic E-state index is 14.2. The number of aliphatic carboxylic acids is 1. The predicted molar refractivity (Wildman–Crippen MR) is 156 cm³/mol. The maximum absolute atomic E-state index is 14.2. The Labute approximate surface area is 259 Å². The summed E-state index contributed by atoms with van der Waals surface area (Å²) in [5, 5.41) is 10.1. The Morgan fingerprint density at radius 2 is 1.64 bits per heavy atom. The molecule has 2 saturated heterocycles. The molecule has 2 heterocycles. The van der Waals surface area contributed by atoms with E-state index in [0.717, 1.165) is 69.4 Å². The molecule has 2 aromatic rings. The molecule has 45 heavy (non-hydrogen) atoms. The number of halogens is 7. The van der Waals surface area contributed by atoms with Gasteiger partial charge in [0, 0.05) is 25.6 Å². The Bertz CT molecular complexity index is 1300. The molecule has 11 heteroatoms. The van der Waals surface area contributed by atoms with E-state index in [1.54, 1.807) is 12.1 Å². The Morgan fingerprint density at radius 1 is 0.911 bits per heavy atom. The molecule has 0 spiro atoms. The number of carboxylic acid groups (broad SMARTS) is 1. The first kappa shape index (κ1) is 33.7. The number of carboxylic acids is 1. The van der Waals surface area contributed by atoms with E-state index in [4.69, 9.17) is 0 Å². The molecule has 5 rings (SSSR count). The van der Waals surface area contributed by atoms with Gasteiger partial charge in [0.2, 0.25) is 0 Å². The molecule has 0 amide bonds. The van der Waals surface area contributed by atoms with E-state index in [-0.39, 0.29) is 35.7 Å². The average molecular weight is 643 g/mol. The fourth-order valence-corrected chi connectivity index (χ4v) is 7.51. The van der Waals surface area contributed by atoms with Crippen LogP contribution < -0.4 is 0 Å². The molecule has 0 aromatic heterocycles. The normalized spacial score (nSPS) is 23.3. The predicted octanol–water partition coefficient (Wildman–Crippen LogP) is 8.26. The van der Waals surface area contributed by atoms with Gasteiger partial charge in [0.15, 0.2) is 0 Å². The second-order valence-corrected chi connectivity index (χ2v) is 13.3. The molecule has 3 atom stereocenters. The third-order valence-electron chi connectivity index (χ3n) is 10.3. The van der Waals surface area contributed by atoms with Crippen LogP contribution in [0.4, 0.5) is 30.7 Å². The highest BCUT2D eigenvalue weighted by Gasteiger charge is 2.42. The highest BCUT2D eigenvalue weighted by molar-refractivity contribution is 5.73. The lowest BCUT2D eigenvalue weighted by Crippen LogP contribution is -2.43. The molecule has 1 aliphatic carbocycles. The standard InChI is InChI=1S/C34H41F7N2O2/c35-28-9-3-8-25(17-28)29-21-43(31(32(44)45)16-23-5-1-6-23)20-26(29)19-42-14-12-22(13-15-42)4-2-7-24-10-11-27(33(36,37)38)18-30(24)34(39,40)41/h3,8-11,17-18,22-23,26,29,31H,1-2,4-7,12-16,19-21H2,(H,44,45)/t26-,29+,31+/m0/s1. The fourth-order valence-electron chi connectivity index (χ4n) is 7.51.